The average molecular weight is 444 g/mol. The molecule has 0 fully saturated rings. The Morgan fingerprint density at radius 3 is 2.42 bits per heavy atom. The molecule has 7 heteroatoms. The van der Waals surface area contributed by atoms with Crippen LogP contribution in [0.4, 0.5) is 0 Å². The number of nitrogens with one attached hydrogen (secondary N) is 1. The highest BCUT2D eigenvalue weighted by atomic mass is 16.5. The Morgan fingerprint density at radius 2 is 1.73 bits per heavy atom. The van der Waals surface area contributed by atoms with Crippen molar-refractivity contribution in [1.29, 1.82) is 0 Å². The molecule has 0 radical (unpaired) electrons. The molecule has 0 atom stereocenters. The van der Waals surface area contributed by atoms with Gasteiger partial charge in [0.1, 0.15) is 5.75 Å². The van der Waals surface area contributed by atoms with E-state index >= 15 is 0 Å². The van der Waals surface area contributed by atoms with Gasteiger partial charge in [-0.15, -0.1) is 0 Å². The number of methoxy groups -OCH3 is 1. The second-order valence-corrected chi connectivity index (χ2v) is 8.26. The van der Waals surface area contributed by atoms with E-state index in [-0.39, 0.29) is 5.91 Å². The monoisotopic (exact) mass is 443 g/mol. The lowest BCUT2D eigenvalue weighted by Gasteiger charge is -2.10. The smallest absolute Gasteiger partial charge is 0.224 e. The van der Waals surface area contributed by atoms with E-state index in [1.807, 2.05) is 90.2 Å². The van der Waals surface area contributed by atoms with Gasteiger partial charge in [0.05, 0.1) is 19.2 Å². The molecule has 0 saturated carbocycles. The maximum atomic E-state index is 12.1. The van der Waals surface area contributed by atoms with E-state index < -0.39 is 0 Å². The molecule has 2 aromatic heterocycles. The number of pyridine rings is 1. The van der Waals surface area contributed by atoms with E-state index in [1.165, 1.54) is 0 Å². The maximum Gasteiger partial charge on any atom is 0.224 e. The molecule has 0 spiro atoms. The zero-order valence-electron chi connectivity index (χ0n) is 19.3. The fraction of sp³-hybridized carbons (Fsp3) is 0.269. The van der Waals surface area contributed by atoms with Crippen LogP contribution >= 0.6 is 0 Å². The summed E-state index contributed by atoms with van der Waals surface area (Å²) >= 11 is 0. The fourth-order valence-electron chi connectivity index (χ4n) is 3.63. The lowest BCUT2D eigenvalue weighted by atomic mass is 10.1. The van der Waals surface area contributed by atoms with Gasteiger partial charge in [-0.2, -0.15) is 5.10 Å². The molecule has 170 valence electrons. The van der Waals surface area contributed by atoms with Crippen LogP contribution in [0, 0.1) is 0 Å². The summed E-state index contributed by atoms with van der Waals surface area (Å²) in [6, 6.07) is 22.0. The highest BCUT2D eigenvalue weighted by molar-refractivity contribution is 5.78. The Labute approximate surface area is 194 Å². The third kappa shape index (κ3) is 5.75. The molecule has 0 aliphatic carbocycles. The van der Waals surface area contributed by atoms with Crippen molar-refractivity contribution in [2.24, 2.45) is 0 Å². The van der Waals surface area contributed by atoms with Gasteiger partial charge in [-0.05, 0) is 61.6 Å². The van der Waals surface area contributed by atoms with Gasteiger partial charge in [-0.25, -0.2) is 9.50 Å². The summed E-state index contributed by atoms with van der Waals surface area (Å²) in [7, 11) is 5.64. The van der Waals surface area contributed by atoms with E-state index in [4.69, 9.17) is 14.8 Å². The first-order valence-corrected chi connectivity index (χ1v) is 11.0. The summed E-state index contributed by atoms with van der Waals surface area (Å²) in [4.78, 5) is 18.8. The lowest BCUT2D eigenvalue weighted by molar-refractivity contribution is -0.120. The van der Waals surface area contributed by atoms with Crippen LogP contribution in [0.1, 0.15) is 17.0 Å². The number of likely N-dealkylation sites (N-methyl/N-ethyl adjacent to an activating group) is 1. The number of fused-ring (bicyclic) bond motifs is 1. The fourth-order valence-corrected chi connectivity index (χ4v) is 3.63. The first-order chi connectivity index (χ1) is 16.0. The van der Waals surface area contributed by atoms with E-state index in [2.05, 4.69) is 5.32 Å². The van der Waals surface area contributed by atoms with Gasteiger partial charge < -0.3 is 15.0 Å². The zero-order chi connectivity index (χ0) is 23.2. The molecule has 33 heavy (non-hydrogen) atoms. The minimum atomic E-state index is 0.0395. The number of ether oxygens (including phenoxy) is 1. The summed E-state index contributed by atoms with van der Waals surface area (Å²) in [6.07, 6.45) is 1.00. The van der Waals surface area contributed by atoms with Crippen LogP contribution in [0.3, 0.4) is 0 Å². The molecule has 1 N–H and O–H groups in total. The Balaban J connectivity index is 1.44. The Kier molecular flexibility index (Phi) is 7.00. The minimum absolute atomic E-state index is 0.0395. The predicted molar refractivity (Wildman–Crippen MR) is 129 cm³/mol. The first kappa shape index (κ1) is 22.5. The van der Waals surface area contributed by atoms with Crippen LogP contribution in [0.2, 0.25) is 0 Å². The number of carbonyl (C=O) groups is 1. The minimum Gasteiger partial charge on any atom is -0.497 e. The Morgan fingerprint density at radius 1 is 1.00 bits per heavy atom. The van der Waals surface area contributed by atoms with Gasteiger partial charge in [-0.1, -0.05) is 30.3 Å². The SMILES string of the molecule is COc1ccc(-c2cccc3nc(Cc4ccc(CC(=O)NCCN(C)C)cc4)nn23)cc1. The third-order valence-corrected chi connectivity index (χ3v) is 5.42. The summed E-state index contributed by atoms with van der Waals surface area (Å²) in [5.41, 5.74) is 4.93. The molecule has 2 aromatic carbocycles. The van der Waals surface area contributed by atoms with Gasteiger partial charge in [0, 0.05) is 25.1 Å². The van der Waals surface area contributed by atoms with E-state index in [0.29, 0.717) is 19.4 Å². The Hall–Kier alpha value is -3.71. The van der Waals surface area contributed by atoms with Crippen molar-refractivity contribution in [3.8, 4) is 17.0 Å². The van der Waals surface area contributed by atoms with Crippen LogP contribution in [-0.2, 0) is 17.6 Å². The second kappa shape index (κ2) is 10.3. The van der Waals surface area contributed by atoms with Gasteiger partial charge in [0.15, 0.2) is 11.5 Å². The average Bonchev–Trinajstić information content (AvgIpc) is 3.23. The van der Waals surface area contributed by atoms with Gasteiger partial charge in [-0.3, -0.25) is 4.79 Å². The second-order valence-electron chi connectivity index (χ2n) is 8.26. The van der Waals surface area contributed by atoms with Crippen molar-refractivity contribution in [2.75, 3.05) is 34.3 Å². The molecular weight excluding hydrogens is 414 g/mol. The van der Waals surface area contributed by atoms with Crippen LogP contribution < -0.4 is 10.1 Å². The standard InChI is InChI=1S/C26H29N5O2/c1-30(2)16-15-27-26(32)18-20-9-7-19(8-10-20)17-24-28-25-6-4-5-23(31(25)29-24)21-11-13-22(33-3)14-12-21/h4-14H,15-18H2,1-3H3,(H,27,32). The number of amides is 1. The van der Waals surface area contributed by atoms with E-state index in [9.17, 15) is 4.79 Å². The number of benzene rings is 2. The molecule has 0 unspecified atom stereocenters. The largest absolute Gasteiger partial charge is 0.497 e. The molecule has 0 bridgehead atoms. The summed E-state index contributed by atoms with van der Waals surface area (Å²) in [6.45, 7) is 1.48. The highest BCUT2D eigenvalue weighted by Gasteiger charge is 2.10. The molecule has 4 aromatic rings. The van der Waals surface area contributed by atoms with Gasteiger partial charge in [0.25, 0.3) is 0 Å². The summed E-state index contributed by atoms with van der Waals surface area (Å²) < 4.78 is 7.14. The van der Waals surface area contributed by atoms with E-state index in [1.54, 1.807) is 7.11 Å². The van der Waals surface area contributed by atoms with Crippen molar-refractivity contribution in [1.82, 2.24) is 24.8 Å². The number of aromatic nitrogens is 3. The zero-order valence-corrected chi connectivity index (χ0v) is 19.3. The van der Waals surface area contributed by atoms with Crippen molar-refractivity contribution in [2.45, 2.75) is 12.8 Å². The molecule has 1 amide bonds. The highest BCUT2D eigenvalue weighted by Crippen LogP contribution is 2.23. The van der Waals surface area contributed by atoms with Crippen molar-refractivity contribution >= 4 is 11.6 Å². The third-order valence-electron chi connectivity index (χ3n) is 5.42. The number of carbonyl (C=O) groups excluding carboxylic acids is 1. The van der Waals surface area contributed by atoms with Crippen LogP contribution in [-0.4, -0.2) is 59.7 Å². The molecule has 0 aliphatic heterocycles. The van der Waals surface area contributed by atoms with Crippen molar-refractivity contribution in [3.05, 3.63) is 83.7 Å². The topological polar surface area (TPSA) is 71.8 Å². The molecule has 0 aliphatic rings. The maximum absolute atomic E-state index is 12.1. The van der Waals surface area contributed by atoms with Crippen LogP contribution in [0.25, 0.3) is 16.9 Å². The van der Waals surface area contributed by atoms with Gasteiger partial charge in [0.2, 0.25) is 5.91 Å². The number of rotatable bonds is 9. The summed E-state index contributed by atoms with van der Waals surface area (Å²) in [5, 5.41) is 7.70. The molecule has 2 heterocycles. The molecule has 7 nitrogen and oxygen atoms in total. The number of hydrogen-bond donors (Lipinski definition) is 1. The summed E-state index contributed by atoms with van der Waals surface area (Å²) in [5.74, 6) is 1.61. The van der Waals surface area contributed by atoms with E-state index in [0.717, 1.165) is 46.2 Å². The molecular formula is C26H29N5O2. The molecule has 4 rings (SSSR count). The van der Waals surface area contributed by atoms with Gasteiger partial charge >= 0.3 is 0 Å². The first-order valence-electron chi connectivity index (χ1n) is 11.0. The van der Waals surface area contributed by atoms with Crippen molar-refractivity contribution in [3.63, 3.8) is 0 Å². The van der Waals surface area contributed by atoms with Crippen LogP contribution in [0.5, 0.6) is 5.75 Å². The quantitative estimate of drug-likeness (QED) is 0.430. The lowest BCUT2D eigenvalue weighted by Crippen LogP contribution is -2.32. The number of hydrogen-bond acceptors (Lipinski definition) is 5. The predicted octanol–water partition coefficient (Wildman–Crippen LogP) is 3.22. The van der Waals surface area contributed by atoms with Crippen LogP contribution in [0.15, 0.2) is 66.7 Å². The van der Waals surface area contributed by atoms with Crippen molar-refractivity contribution < 1.29 is 9.53 Å². The normalized spacial score (nSPS) is 11.2. The molecule has 0 saturated heterocycles. The Bertz CT molecular complexity index is 1210. The number of nitrogens with zero attached hydrogens (tertiary/aromatic N) is 4.